The zero-order valence-corrected chi connectivity index (χ0v) is 12.1. The van der Waals surface area contributed by atoms with Gasteiger partial charge in [-0.1, -0.05) is 16.8 Å². The molecule has 0 bridgehead atoms. The van der Waals surface area contributed by atoms with Crippen molar-refractivity contribution in [1.29, 1.82) is 0 Å². The first-order chi connectivity index (χ1) is 9.49. The van der Waals surface area contributed by atoms with Crippen molar-refractivity contribution in [2.24, 2.45) is 0 Å². The van der Waals surface area contributed by atoms with Gasteiger partial charge in [0.25, 0.3) is 0 Å². The second-order valence-corrected chi connectivity index (χ2v) is 4.57. The minimum atomic E-state index is -0.220. The van der Waals surface area contributed by atoms with E-state index in [1.165, 1.54) is 0 Å². The summed E-state index contributed by atoms with van der Waals surface area (Å²) in [6.07, 6.45) is -0.220. The number of nitrogens with two attached hydrogens (primary N) is 1. The minimum Gasteiger partial charge on any atom is -0.374 e. The lowest BCUT2D eigenvalue weighted by atomic mass is 10.4. The summed E-state index contributed by atoms with van der Waals surface area (Å²) >= 11 is 5.84. The molecule has 0 radical (unpaired) electrons. The van der Waals surface area contributed by atoms with Crippen LogP contribution in [0, 0.1) is 0 Å². The largest absolute Gasteiger partial charge is 0.374 e. The highest BCUT2D eigenvalue weighted by Gasteiger charge is 2.15. The highest BCUT2D eigenvalue weighted by Crippen LogP contribution is 2.18. The molecule has 8 nitrogen and oxygen atoms in total. The van der Waals surface area contributed by atoms with Gasteiger partial charge in [0.15, 0.2) is 5.82 Å². The molecule has 0 spiro atoms. The fourth-order valence-electron chi connectivity index (χ4n) is 1.51. The van der Waals surface area contributed by atoms with Crippen LogP contribution in [-0.4, -0.2) is 34.3 Å². The van der Waals surface area contributed by atoms with E-state index >= 15 is 0 Å². The number of aromatic nitrogens is 4. The van der Waals surface area contributed by atoms with Gasteiger partial charge in [0.05, 0.1) is 6.54 Å². The monoisotopic (exact) mass is 298 g/mol. The Kier molecular flexibility index (Phi) is 4.35. The van der Waals surface area contributed by atoms with Gasteiger partial charge in [-0.15, -0.1) is 0 Å². The lowest BCUT2D eigenvalue weighted by Gasteiger charge is -2.15. The van der Waals surface area contributed by atoms with Gasteiger partial charge in [0.2, 0.25) is 11.8 Å². The van der Waals surface area contributed by atoms with Crippen molar-refractivity contribution in [3.8, 4) is 0 Å². The van der Waals surface area contributed by atoms with Crippen LogP contribution in [0.1, 0.15) is 24.7 Å². The SMILES string of the molecule is CO[C@H](C)c1noc(CN(C)c2cc(Cl)nc(N)n2)n1. The van der Waals surface area contributed by atoms with Gasteiger partial charge in [0, 0.05) is 20.2 Å². The summed E-state index contributed by atoms with van der Waals surface area (Å²) < 4.78 is 10.3. The Morgan fingerprint density at radius 3 is 2.85 bits per heavy atom. The first kappa shape index (κ1) is 14.5. The third-order valence-corrected chi connectivity index (χ3v) is 2.86. The van der Waals surface area contributed by atoms with Crippen molar-refractivity contribution in [1.82, 2.24) is 20.1 Å². The summed E-state index contributed by atoms with van der Waals surface area (Å²) in [6, 6.07) is 1.60. The van der Waals surface area contributed by atoms with Gasteiger partial charge >= 0.3 is 0 Å². The van der Waals surface area contributed by atoms with E-state index in [0.29, 0.717) is 24.1 Å². The lowest BCUT2D eigenvalue weighted by Crippen LogP contribution is -2.18. The summed E-state index contributed by atoms with van der Waals surface area (Å²) in [5.41, 5.74) is 5.55. The molecule has 0 aliphatic heterocycles. The van der Waals surface area contributed by atoms with E-state index in [-0.39, 0.29) is 17.2 Å². The molecule has 0 amide bonds. The van der Waals surface area contributed by atoms with E-state index in [1.54, 1.807) is 18.1 Å². The topological polar surface area (TPSA) is 103 Å². The van der Waals surface area contributed by atoms with Gasteiger partial charge in [-0.3, -0.25) is 0 Å². The van der Waals surface area contributed by atoms with E-state index in [2.05, 4.69) is 20.1 Å². The molecule has 2 aromatic heterocycles. The fraction of sp³-hybridized carbons (Fsp3) is 0.455. The van der Waals surface area contributed by atoms with Gasteiger partial charge in [-0.05, 0) is 6.92 Å². The molecule has 108 valence electrons. The third kappa shape index (κ3) is 3.34. The van der Waals surface area contributed by atoms with Crippen molar-refractivity contribution in [2.45, 2.75) is 19.6 Å². The summed E-state index contributed by atoms with van der Waals surface area (Å²) in [6.45, 7) is 2.21. The molecule has 1 atom stereocenters. The zero-order chi connectivity index (χ0) is 14.7. The summed E-state index contributed by atoms with van der Waals surface area (Å²) in [4.78, 5) is 13.9. The quantitative estimate of drug-likeness (QED) is 0.827. The van der Waals surface area contributed by atoms with E-state index in [0.717, 1.165) is 0 Å². The van der Waals surface area contributed by atoms with Crippen LogP contribution >= 0.6 is 11.6 Å². The first-order valence-corrected chi connectivity index (χ1v) is 6.24. The number of anilines is 2. The van der Waals surface area contributed by atoms with Crippen molar-refractivity contribution < 1.29 is 9.26 Å². The van der Waals surface area contributed by atoms with Crippen LogP contribution in [-0.2, 0) is 11.3 Å². The maximum absolute atomic E-state index is 5.84. The molecule has 0 unspecified atom stereocenters. The Morgan fingerprint density at radius 1 is 1.45 bits per heavy atom. The van der Waals surface area contributed by atoms with Crippen molar-refractivity contribution >= 4 is 23.4 Å². The highest BCUT2D eigenvalue weighted by atomic mass is 35.5. The third-order valence-electron chi connectivity index (χ3n) is 2.66. The number of nitrogens with zero attached hydrogens (tertiary/aromatic N) is 5. The van der Waals surface area contributed by atoms with Crippen molar-refractivity contribution in [3.05, 3.63) is 22.9 Å². The number of hydrogen-bond donors (Lipinski definition) is 1. The number of halogens is 1. The van der Waals surface area contributed by atoms with E-state index < -0.39 is 0 Å². The second kappa shape index (κ2) is 6.02. The van der Waals surface area contributed by atoms with Crippen LogP contribution in [0.15, 0.2) is 10.6 Å². The Bertz CT molecular complexity index is 570. The highest BCUT2D eigenvalue weighted by molar-refractivity contribution is 6.29. The first-order valence-electron chi connectivity index (χ1n) is 5.86. The Labute approximate surface area is 120 Å². The standard InChI is InChI=1S/C11H15ClN6O2/c1-6(19-3)10-16-9(20-17-10)5-18(2)8-4-7(12)14-11(13)15-8/h4,6H,5H2,1-3H3,(H2,13,14,15)/t6-/m1/s1. The van der Waals surface area contributed by atoms with Gasteiger partial charge in [-0.2, -0.15) is 9.97 Å². The van der Waals surface area contributed by atoms with Crippen LogP contribution in [0.3, 0.4) is 0 Å². The molecule has 0 saturated heterocycles. The molecule has 0 fully saturated rings. The molecule has 2 rings (SSSR count). The van der Waals surface area contributed by atoms with Crippen molar-refractivity contribution in [3.63, 3.8) is 0 Å². The molecule has 2 heterocycles. The molecule has 2 aromatic rings. The summed E-state index contributed by atoms with van der Waals surface area (Å²) in [5, 5.41) is 4.12. The van der Waals surface area contributed by atoms with Crippen LogP contribution < -0.4 is 10.6 Å². The number of ether oxygens (including phenoxy) is 1. The fourth-order valence-corrected chi connectivity index (χ4v) is 1.69. The Morgan fingerprint density at radius 2 is 2.20 bits per heavy atom. The molecule has 0 aliphatic rings. The van der Waals surface area contributed by atoms with E-state index in [9.17, 15) is 0 Å². The average molecular weight is 299 g/mol. The maximum atomic E-state index is 5.84. The summed E-state index contributed by atoms with van der Waals surface area (Å²) in [5.74, 6) is 1.62. The lowest BCUT2D eigenvalue weighted by molar-refractivity contribution is 0.109. The van der Waals surface area contributed by atoms with E-state index in [1.807, 2.05) is 14.0 Å². The van der Waals surface area contributed by atoms with Crippen LogP contribution in [0.5, 0.6) is 0 Å². The predicted molar refractivity (Wildman–Crippen MR) is 73.3 cm³/mol. The van der Waals surface area contributed by atoms with Crippen molar-refractivity contribution in [2.75, 3.05) is 24.8 Å². The van der Waals surface area contributed by atoms with Crippen LogP contribution in [0.25, 0.3) is 0 Å². The summed E-state index contributed by atoms with van der Waals surface area (Å²) in [7, 11) is 3.39. The van der Waals surface area contributed by atoms with Crippen LogP contribution in [0.2, 0.25) is 5.15 Å². The molecule has 20 heavy (non-hydrogen) atoms. The van der Waals surface area contributed by atoms with Gasteiger partial charge in [0.1, 0.15) is 17.1 Å². The number of hydrogen-bond acceptors (Lipinski definition) is 8. The number of methoxy groups -OCH3 is 1. The predicted octanol–water partition coefficient (Wildman–Crippen LogP) is 1.44. The molecule has 0 saturated carbocycles. The molecular weight excluding hydrogens is 284 g/mol. The molecule has 9 heteroatoms. The smallest absolute Gasteiger partial charge is 0.246 e. The maximum Gasteiger partial charge on any atom is 0.246 e. The molecular formula is C11H15ClN6O2. The van der Waals surface area contributed by atoms with Gasteiger partial charge < -0.3 is 19.9 Å². The molecule has 0 aromatic carbocycles. The second-order valence-electron chi connectivity index (χ2n) is 4.19. The number of rotatable bonds is 5. The average Bonchev–Trinajstić information content (AvgIpc) is 2.85. The van der Waals surface area contributed by atoms with Gasteiger partial charge in [-0.25, -0.2) is 4.98 Å². The van der Waals surface area contributed by atoms with Crippen LogP contribution in [0.4, 0.5) is 11.8 Å². The van der Waals surface area contributed by atoms with E-state index in [4.69, 9.17) is 26.6 Å². The minimum absolute atomic E-state index is 0.110. The zero-order valence-electron chi connectivity index (χ0n) is 11.4. The molecule has 2 N–H and O–H groups in total. The number of nitrogen functional groups attached to an aromatic ring is 1. The Hall–Kier alpha value is -1.93. The Balaban J connectivity index is 2.11. The normalized spacial score (nSPS) is 12.4. The molecule has 0 aliphatic carbocycles.